The highest BCUT2D eigenvalue weighted by Crippen LogP contribution is 2.67. The van der Waals surface area contributed by atoms with E-state index >= 15 is 0 Å². The Morgan fingerprint density at radius 2 is 1.18 bits per heavy atom. The summed E-state index contributed by atoms with van der Waals surface area (Å²) in [4.78, 5) is 33.4. The fraction of sp³-hybridized carbons (Fsp3) is 0.744. The van der Waals surface area contributed by atoms with Gasteiger partial charge in [-0.2, -0.15) is 0 Å². The minimum atomic E-state index is -2.13. The average molecular weight is 625 g/mol. The first-order chi connectivity index (χ1) is 20.8. The standard InChI is InChI=1S/C39H64N2O4/c1-14-34(8)25-30(27(6)36(10,16-3)40(34)12)38(18-5,31-26-35(9,15-2)41(13)37(11,17-4)28(31)7)39(32(42)43,33(44)45)24-29-22-20-19-21-23-29/h18-23,27-28,30-31H,5,14-17,24-26H2,1-4,6-13H3,(H,42,43)(H,44,45). The number of carbonyl (C=O) groups is 2. The van der Waals surface area contributed by atoms with Crippen LogP contribution >= 0.6 is 0 Å². The Kier molecular flexibility index (Phi) is 10.6. The minimum absolute atomic E-state index is 0.00611. The van der Waals surface area contributed by atoms with E-state index in [0.717, 1.165) is 31.2 Å². The second kappa shape index (κ2) is 12.8. The molecule has 0 bridgehead atoms. The van der Waals surface area contributed by atoms with Crippen LogP contribution in [0.15, 0.2) is 43.0 Å². The van der Waals surface area contributed by atoms with Gasteiger partial charge < -0.3 is 10.2 Å². The molecule has 8 atom stereocenters. The summed E-state index contributed by atoms with van der Waals surface area (Å²) in [5, 5.41) is 23.1. The largest absolute Gasteiger partial charge is 0.480 e. The molecule has 0 aromatic heterocycles. The number of allylic oxidation sites excluding steroid dienone is 1. The molecule has 1 aromatic carbocycles. The van der Waals surface area contributed by atoms with Gasteiger partial charge in [0.15, 0.2) is 5.41 Å². The molecule has 2 saturated heterocycles. The third-order valence-electron chi connectivity index (χ3n) is 14.9. The summed E-state index contributed by atoms with van der Waals surface area (Å²) >= 11 is 0. The lowest BCUT2D eigenvalue weighted by Gasteiger charge is -2.69. The normalized spacial score (nSPS) is 38.0. The number of hydrogen-bond acceptors (Lipinski definition) is 4. The van der Waals surface area contributed by atoms with Crippen LogP contribution in [0.4, 0.5) is 0 Å². The van der Waals surface area contributed by atoms with Gasteiger partial charge in [0.05, 0.1) is 0 Å². The molecule has 3 rings (SSSR count). The van der Waals surface area contributed by atoms with Gasteiger partial charge in [0, 0.05) is 34.0 Å². The van der Waals surface area contributed by atoms with E-state index in [0.29, 0.717) is 12.8 Å². The molecule has 8 unspecified atom stereocenters. The number of carboxylic acids is 2. The molecule has 2 N–H and O–H groups in total. The van der Waals surface area contributed by atoms with Crippen LogP contribution in [0.25, 0.3) is 0 Å². The Labute approximate surface area is 274 Å². The lowest BCUT2D eigenvalue weighted by molar-refractivity contribution is -0.216. The molecule has 6 heteroatoms. The highest BCUT2D eigenvalue weighted by molar-refractivity contribution is 6.00. The van der Waals surface area contributed by atoms with Gasteiger partial charge in [-0.25, -0.2) is 0 Å². The van der Waals surface area contributed by atoms with Crippen LogP contribution in [0, 0.1) is 34.5 Å². The maximum absolute atomic E-state index is 14.2. The molecular formula is C39H64N2O4. The Morgan fingerprint density at radius 1 is 0.800 bits per heavy atom. The monoisotopic (exact) mass is 624 g/mol. The molecule has 254 valence electrons. The van der Waals surface area contributed by atoms with E-state index in [-0.39, 0.29) is 52.2 Å². The second-order valence-corrected chi connectivity index (χ2v) is 15.8. The summed E-state index contributed by atoms with van der Waals surface area (Å²) in [5.41, 5.74) is -3.70. The van der Waals surface area contributed by atoms with Crippen LogP contribution in [0.2, 0.25) is 0 Å². The van der Waals surface area contributed by atoms with Crippen LogP contribution in [0.5, 0.6) is 0 Å². The second-order valence-electron chi connectivity index (χ2n) is 15.8. The summed E-state index contributed by atoms with van der Waals surface area (Å²) in [6.07, 6.45) is 6.66. The molecule has 45 heavy (non-hydrogen) atoms. The molecule has 2 aliphatic heterocycles. The van der Waals surface area contributed by atoms with Crippen molar-refractivity contribution in [3.8, 4) is 0 Å². The highest BCUT2D eigenvalue weighted by atomic mass is 16.4. The summed E-state index contributed by atoms with van der Waals surface area (Å²) in [6, 6.07) is 9.40. The van der Waals surface area contributed by atoms with Crippen molar-refractivity contribution in [3.63, 3.8) is 0 Å². The molecule has 0 amide bonds. The summed E-state index contributed by atoms with van der Waals surface area (Å²) in [6.45, 7) is 27.1. The van der Waals surface area contributed by atoms with Crippen molar-refractivity contribution in [3.05, 3.63) is 48.6 Å². The molecule has 2 heterocycles. The van der Waals surface area contributed by atoms with Gasteiger partial charge in [0.25, 0.3) is 0 Å². The number of aliphatic carboxylic acids is 2. The number of carboxylic acid groups (broad SMARTS) is 2. The zero-order valence-corrected chi connectivity index (χ0v) is 30.5. The molecule has 0 saturated carbocycles. The molecule has 6 nitrogen and oxygen atoms in total. The first kappa shape index (κ1) is 37.3. The van der Waals surface area contributed by atoms with E-state index in [4.69, 9.17) is 0 Å². The van der Waals surface area contributed by atoms with Crippen molar-refractivity contribution in [1.29, 1.82) is 0 Å². The predicted octanol–water partition coefficient (Wildman–Crippen LogP) is 8.41. The Morgan fingerprint density at radius 3 is 1.47 bits per heavy atom. The smallest absolute Gasteiger partial charge is 0.322 e. The number of likely N-dealkylation sites (tertiary alicyclic amines) is 2. The summed E-state index contributed by atoms with van der Waals surface area (Å²) < 4.78 is 0. The fourth-order valence-corrected chi connectivity index (χ4v) is 10.4. The molecule has 1 aromatic rings. The lowest BCUT2D eigenvalue weighted by Crippen LogP contribution is -2.74. The minimum Gasteiger partial charge on any atom is -0.480 e. The number of nitrogens with zero attached hydrogens (tertiary/aromatic N) is 2. The van der Waals surface area contributed by atoms with Crippen LogP contribution in [-0.4, -0.2) is 68.2 Å². The lowest BCUT2D eigenvalue weighted by atomic mass is 9.40. The van der Waals surface area contributed by atoms with Gasteiger partial charge in [-0.1, -0.05) is 78.0 Å². The molecule has 0 radical (unpaired) electrons. The van der Waals surface area contributed by atoms with E-state index in [2.05, 4.69) is 99.7 Å². The van der Waals surface area contributed by atoms with Gasteiger partial charge in [-0.05, 0) is 110 Å². The van der Waals surface area contributed by atoms with Crippen LogP contribution in [0.1, 0.15) is 113 Å². The first-order valence-electron chi connectivity index (χ1n) is 17.5. The number of benzene rings is 1. The summed E-state index contributed by atoms with van der Waals surface area (Å²) in [7, 11) is 4.42. The Balaban J connectivity index is 2.59. The zero-order valence-electron chi connectivity index (χ0n) is 30.5. The average Bonchev–Trinajstić information content (AvgIpc) is 3.03. The van der Waals surface area contributed by atoms with E-state index in [1.54, 1.807) is 0 Å². The fourth-order valence-electron chi connectivity index (χ4n) is 10.4. The number of rotatable bonds is 12. The number of hydrogen-bond donors (Lipinski definition) is 2. The van der Waals surface area contributed by atoms with E-state index in [1.807, 2.05) is 36.4 Å². The zero-order chi connectivity index (χ0) is 34.4. The van der Waals surface area contributed by atoms with Gasteiger partial charge in [-0.3, -0.25) is 19.4 Å². The van der Waals surface area contributed by atoms with Gasteiger partial charge in [-0.15, -0.1) is 6.58 Å². The van der Waals surface area contributed by atoms with Crippen molar-refractivity contribution in [2.75, 3.05) is 14.1 Å². The van der Waals surface area contributed by atoms with Gasteiger partial charge in [0.1, 0.15) is 0 Å². The molecule has 2 fully saturated rings. The van der Waals surface area contributed by atoms with E-state index in [1.165, 1.54) is 0 Å². The highest BCUT2D eigenvalue weighted by Gasteiger charge is 2.72. The molecule has 0 spiro atoms. The first-order valence-corrected chi connectivity index (χ1v) is 17.5. The number of piperidine rings is 2. The van der Waals surface area contributed by atoms with E-state index < -0.39 is 22.8 Å². The maximum Gasteiger partial charge on any atom is 0.322 e. The van der Waals surface area contributed by atoms with Gasteiger partial charge in [0.2, 0.25) is 0 Å². The Hall–Kier alpha value is -2.18. The van der Waals surface area contributed by atoms with Crippen molar-refractivity contribution < 1.29 is 19.8 Å². The van der Waals surface area contributed by atoms with Crippen molar-refractivity contribution in [1.82, 2.24) is 9.80 Å². The van der Waals surface area contributed by atoms with Crippen LogP contribution in [0.3, 0.4) is 0 Å². The summed E-state index contributed by atoms with van der Waals surface area (Å²) in [5.74, 6) is -2.99. The molecule has 2 aliphatic rings. The van der Waals surface area contributed by atoms with Crippen molar-refractivity contribution in [2.45, 2.75) is 136 Å². The van der Waals surface area contributed by atoms with Crippen molar-refractivity contribution in [2.24, 2.45) is 34.5 Å². The quantitative estimate of drug-likeness (QED) is 0.180. The predicted molar refractivity (Wildman–Crippen MR) is 185 cm³/mol. The van der Waals surface area contributed by atoms with Crippen LogP contribution in [-0.2, 0) is 16.0 Å². The third kappa shape index (κ3) is 5.21. The van der Waals surface area contributed by atoms with E-state index in [9.17, 15) is 19.8 Å². The van der Waals surface area contributed by atoms with Crippen LogP contribution < -0.4 is 0 Å². The topological polar surface area (TPSA) is 81.1 Å². The maximum atomic E-state index is 14.2. The third-order valence-corrected chi connectivity index (χ3v) is 14.9. The molecule has 0 aliphatic carbocycles. The van der Waals surface area contributed by atoms with Gasteiger partial charge >= 0.3 is 11.9 Å². The molecular weight excluding hydrogens is 560 g/mol. The SMILES string of the molecule is C=CC(C1CC(C)(CC)N(C)C(C)(CC)C1C)(C1CC(C)(CC)N(C)C(C)(CC)C1C)C(Cc1ccccc1)(C(=O)O)C(=O)O. The van der Waals surface area contributed by atoms with Crippen molar-refractivity contribution >= 4 is 11.9 Å². The Bertz CT molecular complexity index is 1170.